The highest BCUT2D eigenvalue weighted by Gasteiger charge is 2.09. The first-order valence-electron chi connectivity index (χ1n) is 5.97. The lowest BCUT2D eigenvalue weighted by Crippen LogP contribution is -1.93. The Bertz CT molecular complexity index is 996. The summed E-state index contributed by atoms with van der Waals surface area (Å²) in [5.41, 5.74) is 5.71. The Kier molecular flexibility index (Phi) is 2.66. The lowest BCUT2D eigenvalue weighted by molar-refractivity contribution is 1.07. The van der Waals surface area contributed by atoms with Gasteiger partial charge in [-0.1, -0.05) is 17.7 Å². The van der Waals surface area contributed by atoms with Crippen LogP contribution >= 0.6 is 35.2 Å². The van der Waals surface area contributed by atoms with Gasteiger partial charge in [0.05, 0.1) is 31.8 Å². The van der Waals surface area contributed by atoms with Gasteiger partial charge < -0.3 is 4.98 Å². The van der Waals surface area contributed by atoms with Crippen LogP contribution in [0, 0.1) is 4.77 Å². The van der Waals surface area contributed by atoms with Crippen LogP contribution in [0.1, 0.15) is 0 Å². The number of aromatic amines is 1. The summed E-state index contributed by atoms with van der Waals surface area (Å²) >= 11 is 13.3. The van der Waals surface area contributed by atoms with Gasteiger partial charge in [-0.2, -0.15) is 0 Å². The van der Waals surface area contributed by atoms with Crippen LogP contribution in [0.3, 0.4) is 0 Å². The quantitative estimate of drug-likeness (QED) is 0.504. The van der Waals surface area contributed by atoms with Crippen molar-refractivity contribution in [2.75, 3.05) is 0 Å². The molecule has 1 N–H and O–H groups in total. The third-order valence-corrected chi connectivity index (χ3v) is 4.63. The van der Waals surface area contributed by atoms with Crippen molar-refractivity contribution in [1.82, 2.24) is 14.5 Å². The van der Waals surface area contributed by atoms with E-state index in [0.29, 0.717) is 9.79 Å². The maximum atomic E-state index is 6.21. The second-order valence-corrected chi connectivity index (χ2v) is 6.08. The van der Waals surface area contributed by atoms with E-state index >= 15 is 0 Å². The van der Waals surface area contributed by atoms with Gasteiger partial charge in [-0.25, -0.2) is 4.98 Å². The number of H-pyrrole nitrogens is 1. The fourth-order valence-corrected chi connectivity index (χ4v) is 3.57. The number of rotatable bonds is 1. The van der Waals surface area contributed by atoms with E-state index in [9.17, 15) is 0 Å². The van der Waals surface area contributed by atoms with Crippen molar-refractivity contribution in [2.45, 2.75) is 0 Å². The van der Waals surface area contributed by atoms with E-state index in [0.717, 1.165) is 26.9 Å². The molecule has 3 nitrogen and oxygen atoms in total. The molecule has 0 aliphatic rings. The minimum Gasteiger partial charge on any atom is -0.329 e. The van der Waals surface area contributed by atoms with Crippen molar-refractivity contribution in [3.8, 4) is 5.69 Å². The molecule has 0 saturated carbocycles. The van der Waals surface area contributed by atoms with Gasteiger partial charge in [0.2, 0.25) is 0 Å². The smallest absolute Gasteiger partial charge is 0.182 e. The molecule has 0 bridgehead atoms. The number of nitrogens with one attached hydrogen (secondary N) is 1. The molecule has 98 valence electrons. The Balaban J connectivity index is 2.08. The Morgan fingerprint density at radius 2 is 2.15 bits per heavy atom. The molecule has 0 radical (unpaired) electrons. The monoisotopic (exact) mass is 317 g/mol. The normalized spacial score (nSPS) is 11.4. The second kappa shape index (κ2) is 4.41. The summed E-state index contributed by atoms with van der Waals surface area (Å²) in [7, 11) is 0. The highest BCUT2D eigenvalue weighted by molar-refractivity contribution is 7.71. The predicted molar refractivity (Wildman–Crippen MR) is 86.6 cm³/mol. The number of benzene rings is 2. The van der Waals surface area contributed by atoms with Crippen molar-refractivity contribution < 1.29 is 0 Å². The first-order valence-corrected chi connectivity index (χ1v) is 7.63. The number of nitrogens with zero attached hydrogens (tertiary/aromatic N) is 2. The molecule has 4 aromatic rings. The minimum atomic E-state index is 0.636. The summed E-state index contributed by atoms with van der Waals surface area (Å²) in [5, 5.41) is 0.672. The lowest BCUT2D eigenvalue weighted by atomic mass is 10.2. The van der Waals surface area contributed by atoms with Crippen molar-refractivity contribution in [1.29, 1.82) is 0 Å². The molecule has 0 aliphatic heterocycles. The van der Waals surface area contributed by atoms with E-state index in [-0.39, 0.29) is 0 Å². The SMILES string of the molecule is S=c1[nH]c2c(Cl)cccc2n1-c1ccc2ncsc2c1. The number of halogens is 1. The minimum absolute atomic E-state index is 0.636. The van der Waals surface area contributed by atoms with Gasteiger partial charge in [0.25, 0.3) is 0 Å². The third-order valence-electron chi connectivity index (χ3n) is 3.24. The molecule has 2 aromatic heterocycles. The zero-order valence-corrected chi connectivity index (χ0v) is 12.5. The zero-order valence-electron chi connectivity index (χ0n) is 10.1. The van der Waals surface area contributed by atoms with E-state index in [1.165, 1.54) is 0 Å². The number of hydrogen-bond donors (Lipinski definition) is 1. The Labute approximate surface area is 128 Å². The molecule has 6 heteroatoms. The van der Waals surface area contributed by atoms with Gasteiger partial charge >= 0.3 is 0 Å². The number of imidazole rings is 1. The largest absolute Gasteiger partial charge is 0.329 e. The zero-order chi connectivity index (χ0) is 13.7. The molecular formula is C14H8ClN3S2. The van der Waals surface area contributed by atoms with Gasteiger partial charge in [-0.05, 0) is 42.5 Å². The Morgan fingerprint density at radius 3 is 3.05 bits per heavy atom. The van der Waals surface area contributed by atoms with Crippen LogP contribution < -0.4 is 0 Å². The van der Waals surface area contributed by atoms with Crippen LogP contribution in [-0.2, 0) is 0 Å². The topological polar surface area (TPSA) is 33.6 Å². The molecular weight excluding hydrogens is 310 g/mol. The maximum Gasteiger partial charge on any atom is 0.182 e. The number of para-hydroxylation sites is 1. The number of hydrogen-bond acceptors (Lipinski definition) is 3. The van der Waals surface area contributed by atoms with Gasteiger partial charge in [-0.3, -0.25) is 4.57 Å². The summed E-state index contributed by atoms with van der Waals surface area (Å²) in [6.45, 7) is 0. The average molecular weight is 318 g/mol. The molecule has 0 atom stereocenters. The molecule has 0 fully saturated rings. The molecule has 0 unspecified atom stereocenters. The van der Waals surface area contributed by atoms with Gasteiger partial charge in [0.1, 0.15) is 0 Å². The van der Waals surface area contributed by atoms with Crippen LogP contribution in [-0.4, -0.2) is 14.5 Å². The van der Waals surface area contributed by atoms with Gasteiger partial charge in [0.15, 0.2) is 4.77 Å². The van der Waals surface area contributed by atoms with Crippen LogP contribution in [0.5, 0.6) is 0 Å². The lowest BCUT2D eigenvalue weighted by Gasteiger charge is -2.04. The van der Waals surface area contributed by atoms with Crippen molar-refractivity contribution in [3.63, 3.8) is 0 Å². The van der Waals surface area contributed by atoms with E-state index in [1.807, 2.05) is 40.4 Å². The highest BCUT2D eigenvalue weighted by atomic mass is 35.5. The third kappa shape index (κ3) is 1.71. The fourth-order valence-electron chi connectivity index (χ4n) is 2.33. The number of fused-ring (bicyclic) bond motifs is 2. The van der Waals surface area contributed by atoms with E-state index in [4.69, 9.17) is 23.8 Å². The first kappa shape index (κ1) is 12.1. The number of thiazole rings is 1. The Morgan fingerprint density at radius 1 is 1.25 bits per heavy atom. The molecule has 2 heterocycles. The van der Waals surface area contributed by atoms with Crippen LogP contribution in [0.4, 0.5) is 0 Å². The summed E-state index contributed by atoms with van der Waals surface area (Å²) < 4.78 is 3.77. The van der Waals surface area contributed by atoms with Crippen molar-refractivity contribution >= 4 is 56.4 Å². The Hall–Kier alpha value is -1.69. The van der Waals surface area contributed by atoms with E-state index in [2.05, 4.69) is 16.0 Å². The molecule has 20 heavy (non-hydrogen) atoms. The van der Waals surface area contributed by atoms with E-state index in [1.54, 1.807) is 11.3 Å². The fraction of sp³-hybridized carbons (Fsp3) is 0. The summed E-state index contributed by atoms with van der Waals surface area (Å²) in [6.07, 6.45) is 0. The first-order chi connectivity index (χ1) is 9.74. The number of aromatic nitrogens is 3. The molecule has 0 saturated heterocycles. The van der Waals surface area contributed by atoms with Crippen molar-refractivity contribution in [2.24, 2.45) is 0 Å². The molecule has 0 amide bonds. The van der Waals surface area contributed by atoms with Crippen molar-refractivity contribution in [3.05, 3.63) is 51.7 Å². The molecule has 2 aromatic carbocycles. The van der Waals surface area contributed by atoms with Gasteiger partial charge in [-0.15, -0.1) is 11.3 Å². The van der Waals surface area contributed by atoms with Crippen LogP contribution in [0.2, 0.25) is 5.02 Å². The highest BCUT2D eigenvalue weighted by Crippen LogP contribution is 2.27. The average Bonchev–Trinajstić information content (AvgIpc) is 3.02. The van der Waals surface area contributed by atoms with Crippen LogP contribution in [0.25, 0.3) is 26.9 Å². The summed E-state index contributed by atoms with van der Waals surface area (Å²) in [5.74, 6) is 0. The summed E-state index contributed by atoms with van der Waals surface area (Å²) in [4.78, 5) is 7.46. The van der Waals surface area contributed by atoms with E-state index < -0.39 is 0 Å². The standard InChI is InChI=1S/C14H8ClN3S2/c15-9-2-1-3-11-13(9)17-14(19)18(11)8-4-5-10-12(6-8)20-7-16-10/h1-7H,(H,17,19). The second-order valence-electron chi connectivity index (χ2n) is 4.40. The summed E-state index contributed by atoms with van der Waals surface area (Å²) in [6, 6.07) is 11.9. The van der Waals surface area contributed by atoms with Crippen LogP contribution in [0.15, 0.2) is 41.9 Å². The molecule has 4 rings (SSSR count). The van der Waals surface area contributed by atoms with Gasteiger partial charge in [0, 0.05) is 5.69 Å². The predicted octanol–water partition coefficient (Wildman–Crippen LogP) is 4.95. The molecule has 0 aliphatic carbocycles. The maximum absolute atomic E-state index is 6.21. The molecule has 0 spiro atoms.